The van der Waals surface area contributed by atoms with Gasteiger partial charge in [0.2, 0.25) is 5.91 Å². The molecule has 2 aromatic carbocycles. The first kappa shape index (κ1) is 15.4. The number of carbonyl (C=O) groups excluding carboxylic acids is 1. The van der Waals surface area contributed by atoms with Crippen molar-refractivity contribution in [3.05, 3.63) is 54.1 Å². The van der Waals surface area contributed by atoms with Gasteiger partial charge in [0, 0.05) is 30.4 Å². The van der Waals surface area contributed by atoms with E-state index < -0.39 is 0 Å². The van der Waals surface area contributed by atoms with E-state index in [0.717, 1.165) is 23.5 Å². The Kier molecular flexibility index (Phi) is 4.51. The summed E-state index contributed by atoms with van der Waals surface area (Å²) in [6.07, 6.45) is 1.42. The number of methoxy groups -OCH3 is 1. The van der Waals surface area contributed by atoms with E-state index in [9.17, 15) is 4.79 Å². The van der Waals surface area contributed by atoms with Crippen LogP contribution in [0.1, 0.15) is 18.9 Å². The third kappa shape index (κ3) is 3.31. The second-order valence-electron chi connectivity index (χ2n) is 5.85. The van der Waals surface area contributed by atoms with E-state index in [1.165, 1.54) is 5.56 Å². The zero-order valence-electron chi connectivity index (χ0n) is 13.6. The lowest BCUT2D eigenvalue weighted by Gasteiger charge is -2.23. The Labute approximate surface area is 137 Å². The van der Waals surface area contributed by atoms with E-state index in [4.69, 9.17) is 4.74 Å². The first-order valence-corrected chi connectivity index (χ1v) is 7.97. The standard InChI is InChI=1S/C19H22N2O2/c1-14-13-15-5-3-4-6-18(15)21(14)19(22)11-12-20-16-7-9-17(23-2)10-8-16/h3-10,14,20H,11-13H2,1-2H3. The molecule has 23 heavy (non-hydrogen) atoms. The first-order valence-electron chi connectivity index (χ1n) is 7.97. The number of rotatable bonds is 5. The van der Waals surface area contributed by atoms with Crippen molar-refractivity contribution in [2.45, 2.75) is 25.8 Å². The van der Waals surface area contributed by atoms with Gasteiger partial charge in [-0.1, -0.05) is 18.2 Å². The summed E-state index contributed by atoms with van der Waals surface area (Å²) < 4.78 is 5.14. The third-order valence-corrected chi connectivity index (χ3v) is 4.23. The van der Waals surface area contributed by atoms with Gasteiger partial charge in [0.15, 0.2) is 0 Å². The molecule has 1 N–H and O–H groups in total. The molecule has 0 fully saturated rings. The van der Waals surface area contributed by atoms with Crippen LogP contribution < -0.4 is 15.0 Å². The van der Waals surface area contributed by atoms with Crippen LogP contribution in [0.4, 0.5) is 11.4 Å². The largest absolute Gasteiger partial charge is 0.497 e. The van der Waals surface area contributed by atoms with E-state index in [-0.39, 0.29) is 11.9 Å². The molecule has 0 bridgehead atoms. The van der Waals surface area contributed by atoms with Crippen molar-refractivity contribution >= 4 is 17.3 Å². The summed E-state index contributed by atoms with van der Waals surface area (Å²) in [5.41, 5.74) is 3.32. The molecule has 1 aliphatic heterocycles. The van der Waals surface area contributed by atoms with E-state index in [1.54, 1.807) is 7.11 Å². The molecule has 2 aromatic rings. The molecule has 4 nitrogen and oxygen atoms in total. The van der Waals surface area contributed by atoms with Crippen LogP contribution in [0.25, 0.3) is 0 Å². The van der Waals surface area contributed by atoms with Crippen LogP contribution in [-0.4, -0.2) is 25.6 Å². The SMILES string of the molecule is COc1ccc(NCCC(=O)N2c3ccccc3CC2C)cc1. The van der Waals surface area contributed by atoms with Crippen LogP contribution >= 0.6 is 0 Å². The fourth-order valence-electron chi connectivity index (χ4n) is 3.09. The van der Waals surface area contributed by atoms with Gasteiger partial charge in [-0.25, -0.2) is 0 Å². The van der Waals surface area contributed by atoms with Gasteiger partial charge in [-0.05, 0) is 49.2 Å². The lowest BCUT2D eigenvalue weighted by Crippen LogP contribution is -2.36. The summed E-state index contributed by atoms with van der Waals surface area (Å²) >= 11 is 0. The number of nitrogens with zero attached hydrogens (tertiary/aromatic N) is 1. The zero-order valence-corrected chi connectivity index (χ0v) is 13.6. The third-order valence-electron chi connectivity index (χ3n) is 4.23. The summed E-state index contributed by atoms with van der Waals surface area (Å²) in [6, 6.07) is 16.1. The predicted molar refractivity (Wildman–Crippen MR) is 93.2 cm³/mol. The molecule has 0 spiro atoms. The second kappa shape index (κ2) is 6.73. The van der Waals surface area contributed by atoms with Crippen LogP contribution in [0.3, 0.4) is 0 Å². The fraction of sp³-hybridized carbons (Fsp3) is 0.316. The number of amides is 1. The van der Waals surface area contributed by atoms with Crippen molar-refractivity contribution in [1.82, 2.24) is 0 Å². The summed E-state index contributed by atoms with van der Waals surface area (Å²) in [5.74, 6) is 0.998. The molecule has 120 valence electrons. The van der Waals surface area contributed by atoms with Crippen LogP contribution in [0.15, 0.2) is 48.5 Å². The van der Waals surface area contributed by atoms with Crippen molar-refractivity contribution in [3.8, 4) is 5.75 Å². The molecule has 0 aromatic heterocycles. The summed E-state index contributed by atoms with van der Waals surface area (Å²) in [5, 5.41) is 3.29. The van der Waals surface area contributed by atoms with Gasteiger partial charge in [-0.15, -0.1) is 0 Å². The van der Waals surface area contributed by atoms with Crippen molar-refractivity contribution < 1.29 is 9.53 Å². The normalized spacial score (nSPS) is 16.1. The van der Waals surface area contributed by atoms with Crippen molar-refractivity contribution in [2.24, 2.45) is 0 Å². The number of hydrogen-bond acceptors (Lipinski definition) is 3. The van der Waals surface area contributed by atoms with Crippen LogP contribution in [0.2, 0.25) is 0 Å². The number of ether oxygens (including phenoxy) is 1. The van der Waals surface area contributed by atoms with Gasteiger partial charge in [-0.2, -0.15) is 0 Å². The maximum atomic E-state index is 12.6. The molecule has 1 amide bonds. The zero-order chi connectivity index (χ0) is 16.2. The quantitative estimate of drug-likeness (QED) is 0.919. The minimum atomic E-state index is 0.170. The Hall–Kier alpha value is -2.49. The number of para-hydroxylation sites is 1. The Morgan fingerprint density at radius 3 is 2.70 bits per heavy atom. The molecule has 1 heterocycles. The second-order valence-corrected chi connectivity index (χ2v) is 5.85. The number of nitrogens with one attached hydrogen (secondary N) is 1. The molecular weight excluding hydrogens is 288 g/mol. The van der Waals surface area contributed by atoms with Gasteiger partial charge in [0.25, 0.3) is 0 Å². The van der Waals surface area contributed by atoms with Gasteiger partial charge in [-0.3, -0.25) is 4.79 Å². The summed E-state index contributed by atoms with van der Waals surface area (Å²) in [7, 11) is 1.65. The molecule has 0 aliphatic carbocycles. The van der Waals surface area contributed by atoms with Gasteiger partial charge < -0.3 is 15.0 Å². The minimum absolute atomic E-state index is 0.170. The molecule has 0 saturated carbocycles. The highest BCUT2D eigenvalue weighted by molar-refractivity contribution is 5.96. The van der Waals surface area contributed by atoms with Crippen molar-refractivity contribution in [1.29, 1.82) is 0 Å². The Morgan fingerprint density at radius 1 is 1.22 bits per heavy atom. The topological polar surface area (TPSA) is 41.6 Å². The van der Waals surface area contributed by atoms with Crippen LogP contribution in [0.5, 0.6) is 5.75 Å². The predicted octanol–water partition coefficient (Wildman–Crippen LogP) is 3.48. The Balaban J connectivity index is 1.57. The molecular formula is C19H22N2O2. The molecule has 4 heteroatoms. The van der Waals surface area contributed by atoms with E-state index in [1.807, 2.05) is 47.4 Å². The summed E-state index contributed by atoms with van der Waals surface area (Å²) in [4.78, 5) is 14.5. The lowest BCUT2D eigenvalue weighted by atomic mass is 10.1. The maximum Gasteiger partial charge on any atom is 0.229 e. The molecule has 1 aliphatic rings. The highest BCUT2D eigenvalue weighted by atomic mass is 16.5. The number of hydrogen-bond donors (Lipinski definition) is 1. The maximum absolute atomic E-state index is 12.6. The van der Waals surface area contributed by atoms with Gasteiger partial charge in [0.1, 0.15) is 5.75 Å². The highest BCUT2D eigenvalue weighted by Gasteiger charge is 2.29. The van der Waals surface area contributed by atoms with Crippen molar-refractivity contribution in [3.63, 3.8) is 0 Å². The number of carbonyl (C=O) groups is 1. The van der Waals surface area contributed by atoms with Crippen LogP contribution in [-0.2, 0) is 11.2 Å². The van der Waals surface area contributed by atoms with E-state index in [0.29, 0.717) is 13.0 Å². The number of fused-ring (bicyclic) bond motifs is 1. The van der Waals surface area contributed by atoms with E-state index in [2.05, 4.69) is 18.3 Å². The monoisotopic (exact) mass is 310 g/mol. The first-order chi connectivity index (χ1) is 11.2. The summed E-state index contributed by atoms with van der Waals surface area (Å²) in [6.45, 7) is 2.73. The average molecular weight is 310 g/mol. The minimum Gasteiger partial charge on any atom is -0.497 e. The molecule has 0 radical (unpaired) electrons. The van der Waals surface area contributed by atoms with Crippen LogP contribution in [0, 0.1) is 0 Å². The lowest BCUT2D eigenvalue weighted by molar-refractivity contribution is -0.118. The molecule has 1 unspecified atom stereocenters. The highest BCUT2D eigenvalue weighted by Crippen LogP contribution is 2.32. The Bertz CT molecular complexity index is 682. The van der Waals surface area contributed by atoms with Gasteiger partial charge in [0.05, 0.1) is 7.11 Å². The van der Waals surface area contributed by atoms with Gasteiger partial charge >= 0.3 is 0 Å². The fourth-order valence-corrected chi connectivity index (χ4v) is 3.09. The van der Waals surface area contributed by atoms with E-state index >= 15 is 0 Å². The molecule has 0 saturated heterocycles. The Morgan fingerprint density at radius 2 is 1.96 bits per heavy atom. The number of benzene rings is 2. The average Bonchev–Trinajstić information content (AvgIpc) is 2.91. The number of anilines is 2. The molecule has 1 atom stereocenters. The van der Waals surface area contributed by atoms with Crippen molar-refractivity contribution in [2.75, 3.05) is 23.9 Å². The molecule has 3 rings (SSSR count). The smallest absolute Gasteiger partial charge is 0.229 e.